The molecule has 0 saturated carbocycles. The number of ether oxygens (including phenoxy) is 2. The quantitative estimate of drug-likeness (QED) is 0.659. The van der Waals surface area contributed by atoms with E-state index in [1.54, 1.807) is 6.20 Å². The van der Waals surface area contributed by atoms with Gasteiger partial charge in [-0.25, -0.2) is 0 Å². The Morgan fingerprint density at radius 1 is 0.789 bits per heavy atom. The molecular formula is C16H11NO2. The summed E-state index contributed by atoms with van der Waals surface area (Å²) in [6.07, 6.45) is 1.32. The van der Waals surface area contributed by atoms with E-state index in [4.69, 9.17) is 9.47 Å². The first kappa shape index (κ1) is 10.4. The second-order valence-corrected chi connectivity index (χ2v) is 4.43. The minimum atomic E-state index is -0.469. The maximum absolute atomic E-state index is 5.82. The molecule has 0 fully saturated rings. The topological polar surface area (TPSA) is 31.4 Å². The third-order valence-electron chi connectivity index (χ3n) is 3.24. The van der Waals surface area contributed by atoms with Crippen LogP contribution in [0.25, 0.3) is 10.8 Å². The molecule has 0 atom stereocenters. The number of aromatic nitrogens is 1. The van der Waals surface area contributed by atoms with Gasteiger partial charge in [0.25, 0.3) is 6.29 Å². The number of fused-ring (bicyclic) bond motifs is 2. The molecule has 0 spiro atoms. The summed E-state index contributed by atoms with van der Waals surface area (Å²) in [6.45, 7) is 0. The molecule has 2 aromatic carbocycles. The SMILES string of the molecule is c1ccc2c(c1)OC(c1nccc3ccccc13)O2. The van der Waals surface area contributed by atoms with Gasteiger partial charge in [0.05, 0.1) is 0 Å². The van der Waals surface area contributed by atoms with Crippen LogP contribution in [0.4, 0.5) is 0 Å². The van der Waals surface area contributed by atoms with Crippen molar-refractivity contribution in [3.8, 4) is 11.5 Å². The van der Waals surface area contributed by atoms with Gasteiger partial charge in [-0.2, -0.15) is 0 Å². The standard InChI is InChI=1S/C16H11NO2/c1-2-6-12-11(5-1)9-10-17-15(12)16-18-13-7-3-4-8-14(13)19-16/h1-10,16H. The van der Waals surface area contributed by atoms with Crippen molar-refractivity contribution in [3.63, 3.8) is 0 Å². The highest BCUT2D eigenvalue weighted by atomic mass is 16.7. The molecule has 3 aromatic rings. The lowest BCUT2D eigenvalue weighted by atomic mass is 10.1. The Morgan fingerprint density at radius 2 is 1.47 bits per heavy atom. The van der Waals surface area contributed by atoms with Gasteiger partial charge in [-0.15, -0.1) is 0 Å². The number of para-hydroxylation sites is 2. The molecule has 1 aliphatic rings. The van der Waals surface area contributed by atoms with Crippen molar-refractivity contribution in [2.45, 2.75) is 6.29 Å². The van der Waals surface area contributed by atoms with Crippen LogP contribution in [0.5, 0.6) is 11.5 Å². The van der Waals surface area contributed by atoms with Crippen LogP contribution in [0.1, 0.15) is 12.0 Å². The van der Waals surface area contributed by atoms with Crippen molar-refractivity contribution in [3.05, 3.63) is 66.5 Å². The summed E-state index contributed by atoms with van der Waals surface area (Å²) < 4.78 is 11.6. The van der Waals surface area contributed by atoms with E-state index in [1.807, 2.05) is 48.5 Å². The average molecular weight is 249 g/mol. The van der Waals surface area contributed by atoms with Crippen LogP contribution in [-0.2, 0) is 0 Å². The van der Waals surface area contributed by atoms with Crippen molar-refractivity contribution < 1.29 is 9.47 Å². The molecule has 0 radical (unpaired) electrons. The van der Waals surface area contributed by atoms with Crippen LogP contribution in [0.15, 0.2) is 60.8 Å². The highest BCUT2D eigenvalue weighted by molar-refractivity contribution is 5.84. The lowest BCUT2D eigenvalue weighted by Crippen LogP contribution is -2.10. The van der Waals surface area contributed by atoms with E-state index >= 15 is 0 Å². The van der Waals surface area contributed by atoms with Gasteiger partial charge in [0.1, 0.15) is 5.69 Å². The predicted octanol–water partition coefficient (Wildman–Crippen LogP) is 3.70. The third kappa shape index (κ3) is 1.63. The first-order chi connectivity index (χ1) is 9.42. The molecule has 0 saturated heterocycles. The van der Waals surface area contributed by atoms with E-state index in [0.29, 0.717) is 0 Å². The molecule has 92 valence electrons. The van der Waals surface area contributed by atoms with Gasteiger partial charge in [0.15, 0.2) is 11.5 Å². The molecule has 3 heteroatoms. The van der Waals surface area contributed by atoms with Crippen LogP contribution < -0.4 is 9.47 Å². The Labute approximate surface area is 110 Å². The maximum Gasteiger partial charge on any atom is 0.285 e. The van der Waals surface area contributed by atoms with Crippen molar-refractivity contribution in [1.82, 2.24) is 4.98 Å². The Hall–Kier alpha value is -2.55. The van der Waals surface area contributed by atoms with Crippen molar-refractivity contribution in [2.75, 3.05) is 0 Å². The maximum atomic E-state index is 5.82. The van der Waals surface area contributed by atoms with Gasteiger partial charge >= 0.3 is 0 Å². The minimum absolute atomic E-state index is 0.469. The molecule has 0 aliphatic carbocycles. The van der Waals surface area contributed by atoms with Crippen LogP contribution in [0.2, 0.25) is 0 Å². The van der Waals surface area contributed by atoms with Crippen LogP contribution in [0, 0.1) is 0 Å². The normalized spacial score (nSPS) is 13.9. The third-order valence-corrected chi connectivity index (χ3v) is 3.24. The Balaban J connectivity index is 1.81. The number of nitrogens with zero attached hydrogens (tertiary/aromatic N) is 1. The zero-order valence-corrected chi connectivity index (χ0v) is 10.1. The summed E-state index contributed by atoms with van der Waals surface area (Å²) in [5, 5.41) is 2.19. The second kappa shape index (κ2) is 3.99. The summed E-state index contributed by atoms with van der Waals surface area (Å²) in [6, 6.07) is 17.8. The fourth-order valence-corrected chi connectivity index (χ4v) is 2.34. The second-order valence-electron chi connectivity index (χ2n) is 4.43. The molecule has 4 rings (SSSR count). The lowest BCUT2D eigenvalue weighted by Gasteiger charge is -2.11. The number of rotatable bonds is 1. The molecule has 2 heterocycles. The molecule has 0 amide bonds. The number of benzene rings is 2. The Morgan fingerprint density at radius 3 is 2.26 bits per heavy atom. The predicted molar refractivity (Wildman–Crippen MR) is 72.2 cm³/mol. The smallest absolute Gasteiger partial charge is 0.285 e. The molecule has 1 aliphatic heterocycles. The molecule has 3 nitrogen and oxygen atoms in total. The zero-order valence-electron chi connectivity index (χ0n) is 10.1. The molecule has 0 bridgehead atoms. The summed E-state index contributed by atoms with van der Waals surface area (Å²) in [4.78, 5) is 4.42. The van der Waals surface area contributed by atoms with Gasteiger partial charge in [-0.05, 0) is 23.6 Å². The molecule has 0 unspecified atom stereocenters. The van der Waals surface area contributed by atoms with Crippen molar-refractivity contribution in [2.24, 2.45) is 0 Å². The molecular weight excluding hydrogens is 238 g/mol. The van der Waals surface area contributed by atoms with Crippen molar-refractivity contribution in [1.29, 1.82) is 0 Å². The van der Waals surface area contributed by atoms with E-state index in [2.05, 4.69) is 11.1 Å². The lowest BCUT2D eigenvalue weighted by molar-refractivity contribution is 0.0462. The molecule has 0 N–H and O–H groups in total. The van der Waals surface area contributed by atoms with E-state index in [1.165, 1.54) is 0 Å². The fourth-order valence-electron chi connectivity index (χ4n) is 2.34. The average Bonchev–Trinajstić information content (AvgIpc) is 2.90. The largest absolute Gasteiger partial charge is 0.445 e. The monoisotopic (exact) mass is 249 g/mol. The van der Waals surface area contributed by atoms with Crippen LogP contribution in [-0.4, -0.2) is 4.98 Å². The van der Waals surface area contributed by atoms with Gasteiger partial charge in [0, 0.05) is 11.6 Å². The van der Waals surface area contributed by atoms with Crippen LogP contribution in [0.3, 0.4) is 0 Å². The van der Waals surface area contributed by atoms with Gasteiger partial charge in [-0.1, -0.05) is 36.4 Å². The van der Waals surface area contributed by atoms with E-state index < -0.39 is 6.29 Å². The number of hydrogen-bond acceptors (Lipinski definition) is 3. The van der Waals surface area contributed by atoms with Crippen LogP contribution >= 0.6 is 0 Å². The summed E-state index contributed by atoms with van der Waals surface area (Å²) in [5.41, 5.74) is 0.814. The van der Waals surface area contributed by atoms with Crippen molar-refractivity contribution >= 4 is 10.8 Å². The van der Waals surface area contributed by atoms with E-state index in [0.717, 1.165) is 28.0 Å². The Bertz CT molecular complexity index is 724. The highest BCUT2D eigenvalue weighted by Gasteiger charge is 2.27. The molecule has 19 heavy (non-hydrogen) atoms. The summed E-state index contributed by atoms with van der Waals surface area (Å²) in [7, 11) is 0. The van der Waals surface area contributed by atoms with Gasteiger partial charge in [0.2, 0.25) is 0 Å². The first-order valence-corrected chi connectivity index (χ1v) is 6.18. The molecule has 1 aromatic heterocycles. The summed E-state index contributed by atoms with van der Waals surface area (Å²) in [5.74, 6) is 1.53. The Kier molecular flexibility index (Phi) is 2.18. The zero-order chi connectivity index (χ0) is 12.7. The first-order valence-electron chi connectivity index (χ1n) is 6.18. The number of pyridine rings is 1. The summed E-state index contributed by atoms with van der Waals surface area (Å²) >= 11 is 0. The van der Waals surface area contributed by atoms with Gasteiger partial charge < -0.3 is 9.47 Å². The van der Waals surface area contributed by atoms with E-state index in [-0.39, 0.29) is 0 Å². The minimum Gasteiger partial charge on any atom is -0.445 e. The highest BCUT2D eigenvalue weighted by Crippen LogP contribution is 2.40. The van der Waals surface area contributed by atoms with E-state index in [9.17, 15) is 0 Å². The number of hydrogen-bond donors (Lipinski definition) is 0. The fraction of sp³-hybridized carbons (Fsp3) is 0.0625. The van der Waals surface area contributed by atoms with Gasteiger partial charge in [-0.3, -0.25) is 4.98 Å².